The van der Waals surface area contributed by atoms with Gasteiger partial charge in [-0.05, 0) is 49.8 Å². The van der Waals surface area contributed by atoms with Gasteiger partial charge in [0, 0.05) is 25.2 Å². The number of aromatic nitrogens is 1. The lowest BCUT2D eigenvalue weighted by Crippen LogP contribution is -2.47. The van der Waals surface area contributed by atoms with Crippen LogP contribution in [0.3, 0.4) is 0 Å². The second-order valence-electron chi connectivity index (χ2n) is 7.78. The van der Waals surface area contributed by atoms with Crippen molar-refractivity contribution in [3.05, 3.63) is 52.9 Å². The van der Waals surface area contributed by atoms with E-state index < -0.39 is 0 Å². The van der Waals surface area contributed by atoms with Crippen LogP contribution in [0.1, 0.15) is 54.1 Å². The third-order valence-electron chi connectivity index (χ3n) is 4.77. The van der Waals surface area contributed by atoms with Gasteiger partial charge in [0.15, 0.2) is 5.69 Å². The molecule has 1 aromatic heterocycles. The minimum Gasteiger partial charge on any atom is -0.361 e. The van der Waals surface area contributed by atoms with Gasteiger partial charge < -0.3 is 9.84 Å². The first-order valence-electron chi connectivity index (χ1n) is 9.54. The highest BCUT2D eigenvalue weighted by Gasteiger charge is 2.23. The molecule has 140 valence electrons. The summed E-state index contributed by atoms with van der Waals surface area (Å²) in [5.74, 6) is 1.19. The molecule has 0 aliphatic carbocycles. The van der Waals surface area contributed by atoms with Crippen LogP contribution >= 0.6 is 0 Å². The maximum atomic E-state index is 12.3. The van der Waals surface area contributed by atoms with Crippen LogP contribution in [-0.4, -0.2) is 35.1 Å². The van der Waals surface area contributed by atoms with Crippen molar-refractivity contribution in [3.63, 3.8) is 0 Å². The monoisotopic (exact) mass is 355 g/mol. The number of nitrogens with one attached hydrogen (secondary N) is 1. The first-order valence-corrected chi connectivity index (χ1v) is 9.54. The Morgan fingerprint density at radius 3 is 2.69 bits per heavy atom. The molecular weight excluding hydrogens is 326 g/mol. The first kappa shape index (κ1) is 18.6. The summed E-state index contributed by atoms with van der Waals surface area (Å²) in [5, 5.41) is 6.89. The Bertz CT molecular complexity index is 721. The zero-order valence-electron chi connectivity index (χ0n) is 16.0. The maximum Gasteiger partial charge on any atom is 0.273 e. The molecule has 5 heteroatoms. The highest BCUT2D eigenvalue weighted by molar-refractivity contribution is 5.92. The van der Waals surface area contributed by atoms with E-state index in [1.54, 1.807) is 13.0 Å². The van der Waals surface area contributed by atoms with Crippen molar-refractivity contribution in [2.24, 2.45) is 5.92 Å². The minimum atomic E-state index is -0.147. The Balaban J connectivity index is 1.52. The number of nitrogens with zero attached hydrogens (tertiary/aromatic N) is 2. The van der Waals surface area contributed by atoms with Crippen LogP contribution in [0.4, 0.5) is 0 Å². The number of likely N-dealkylation sites (tertiary alicyclic amines) is 1. The van der Waals surface area contributed by atoms with E-state index >= 15 is 0 Å². The molecule has 26 heavy (non-hydrogen) atoms. The third-order valence-corrected chi connectivity index (χ3v) is 4.77. The summed E-state index contributed by atoms with van der Waals surface area (Å²) in [6, 6.07) is 10.8. The van der Waals surface area contributed by atoms with Gasteiger partial charge in [0.25, 0.3) is 5.91 Å². The average molecular weight is 355 g/mol. The fourth-order valence-electron chi connectivity index (χ4n) is 3.56. The van der Waals surface area contributed by atoms with E-state index in [1.165, 1.54) is 11.1 Å². The number of benzene rings is 1. The fraction of sp³-hybridized carbons (Fsp3) is 0.524. The summed E-state index contributed by atoms with van der Waals surface area (Å²) >= 11 is 0. The summed E-state index contributed by atoms with van der Waals surface area (Å²) in [6.07, 6.45) is 3.22. The van der Waals surface area contributed by atoms with Crippen molar-refractivity contribution < 1.29 is 9.32 Å². The quantitative estimate of drug-likeness (QED) is 0.860. The Labute approximate surface area is 155 Å². The Morgan fingerprint density at radius 2 is 2.04 bits per heavy atom. The number of rotatable bonds is 6. The van der Waals surface area contributed by atoms with E-state index in [2.05, 4.69) is 53.5 Å². The van der Waals surface area contributed by atoms with E-state index in [1.807, 2.05) is 0 Å². The lowest BCUT2D eigenvalue weighted by molar-refractivity contribution is 0.0891. The number of carbonyl (C=O) groups excluding carboxylic acids is 1. The highest BCUT2D eigenvalue weighted by Crippen LogP contribution is 2.16. The van der Waals surface area contributed by atoms with Crippen molar-refractivity contribution in [1.29, 1.82) is 0 Å². The van der Waals surface area contributed by atoms with Crippen molar-refractivity contribution in [2.45, 2.75) is 52.6 Å². The van der Waals surface area contributed by atoms with Gasteiger partial charge in [-0.2, -0.15) is 0 Å². The number of piperidine rings is 1. The molecule has 1 amide bonds. The molecule has 1 aromatic carbocycles. The molecule has 1 atom stereocenters. The molecule has 0 saturated carbocycles. The first-order chi connectivity index (χ1) is 12.5. The number of aryl methyl sites for hydroxylation is 1. The van der Waals surface area contributed by atoms with Crippen molar-refractivity contribution in [1.82, 2.24) is 15.4 Å². The fourth-order valence-corrected chi connectivity index (χ4v) is 3.56. The molecule has 2 aromatic rings. The molecule has 1 unspecified atom stereocenters. The van der Waals surface area contributed by atoms with Gasteiger partial charge in [-0.25, -0.2) is 0 Å². The Morgan fingerprint density at radius 1 is 1.31 bits per heavy atom. The number of hydrogen-bond donors (Lipinski definition) is 1. The van der Waals surface area contributed by atoms with Crippen LogP contribution < -0.4 is 5.32 Å². The molecule has 1 saturated heterocycles. The minimum absolute atomic E-state index is 0.147. The van der Waals surface area contributed by atoms with Gasteiger partial charge in [-0.1, -0.05) is 43.3 Å². The van der Waals surface area contributed by atoms with E-state index in [9.17, 15) is 4.79 Å². The highest BCUT2D eigenvalue weighted by atomic mass is 16.5. The predicted molar refractivity (Wildman–Crippen MR) is 102 cm³/mol. The molecule has 0 bridgehead atoms. The van der Waals surface area contributed by atoms with E-state index in [4.69, 9.17) is 4.52 Å². The zero-order chi connectivity index (χ0) is 18.5. The molecule has 1 fully saturated rings. The van der Waals surface area contributed by atoms with Gasteiger partial charge in [0.05, 0.1) is 0 Å². The summed E-state index contributed by atoms with van der Waals surface area (Å²) in [5.41, 5.74) is 3.09. The van der Waals surface area contributed by atoms with Crippen LogP contribution in [0.2, 0.25) is 0 Å². The van der Waals surface area contributed by atoms with Gasteiger partial charge in [-0.3, -0.25) is 9.69 Å². The maximum absolute atomic E-state index is 12.3. The van der Waals surface area contributed by atoms with Crippen LogP contribution in [0, 0.1) is 12.8 Å². The SMILES string of the molecule is Cc1cc(C(=O)NC2CCCN(Cc3ccc(CC(C)C)cc3)C2)no1. The normalized spacial score (nSPS) is 18.2. The van der Waals surface area contributed by atoms with Crippen molar-refractivity contribution >= 4 is 5.91 Å². The molecule has 0 spiro atoms. The standard InChI is InChI=1S/C21H29N3O2/c1-15(2)11-17-6-8-18(9-7-17)13-24-10-4-5-19(14-24)22-21(25)20-12-16(3)26-23-20/h6-9,12,15,19H,4-5,10-11,13-14H2,1-3H3,(H,22,25). The summed E-state index contributed by atoms with van der Waals surface area (Å²) in [7, 11) is 0. The van der Waals surface area contributed by atoms with E-state index in [0.717, 1.165) is 38.9 Å². The average Bonchev–Trinajstić information content (AvgIpc) is 3.03. The van der Waals surface area contributed by atoms with Gasteiger partial charge in [-0.15, -0.1) is 0 Å². The topological polar surface area (TPSA) is 58.4 Å². The largest absolute Gasteiger partial charge is 0.361 e. The van der Waals surface area contributed by atoms with Crippen molar-refractivity contribution in [3.8, 4) is 0 Å². The number of amides is 1. The molecule has 1 aliphatic heterocycles. The smallest absolute Gasteiger partial charge is 0.273 e. The molecule has 0 radical (unpaired) electrons. The van der Waals surface area contributed by atoms with Gasteiger partial charge >= 0.3 is 0 Å². The van der Waals surface area contributed by atoms with Gasteiger partial charge in [0.2, 0.25) is 0 Å². The lowest BCUT2D eigenvalue weighted by atomic mass is 10.0. The number of hydrogen-bond acceptors (Lipinski definition) is 4. The molecule has 2 heterocycles. The summed E-state index contributed by atoms with van der Waals surface area (Å²) in [6.45, 7) is 9.16. The molecule has 1 N–H and O–H groups in total. The second kappa shape index (κ2) is 8.49. The third kappa shape index (κ3) is 5.18. The lowest BCUT2D eigenvalue weighted by Gasteiger charge is -2.33. The van der Waals surface area contributed by atoms with Crippen LogP contribution in [0.25, 0.3) is 0 Å². The molecule has 3 rings (SSSR count). The van der Waals surface area contributed by atoms with Crippen LogP contribution in [-0.2, 0) is 13.0 Å². The molecule has 1 aliphatic rings. The summed E-state index contributed by atoms with van der Waals surface area (Å²) < 4.78 is 4.99. The van der Waals surface area contributed by atoms with Crippen LogP contribution in [0.5, 0.6) is 0 Å². The van der Waals surface area contributed by atoms with Gasteiger partial charge in [0.1, 0.15) is 5.76 Å². The van der Waals surface area contributed by atoms with Crippen molar-refractivity contribution in [2.75, 3.05) is 13.1 Å². The Kier molecular flexibility index (Phi) is 6.09. The van der Waals surface area contributed by atoms with Crippen LogP contribution in [0.15, 0.2) is 34.9 Å². The molecular formula is C21H29N3O2. The molecule has 5 nitrogen and oxygen atoms in total. The zero-order valence-corrected chi connectivity index (χ0v) is 16.0. The van der Waals surface area contributed by atoms with E-state index in [-0.39, 0.29) is 11.9 Å². The Hall–Kier alpha value is -2.14. The van der Waals surface area contributed by atoms with E-state index in [0.29, 0.717) is 17.4 Å². The second-order valence-corrected chi connectivity index (χ2v) is 7.78. The predicted octanol–water partition coefficient (Wildman–Crippen LogP) is 3.58. The summed E-state index contributed by atoms with van der Waals surface area (Å²) in [4.78, 5) is 14.7. The number of carbonyl (C=O) groups is 1.